The Hall–Kier alpha value is -1.29. The van der Waals surface area contributed by atoms with Crippen LogP contribution in [0.15, 0.2) is 23.5 Å². The van der Waals surface area contributed by atoms with Gasteiger partial charge in [0.2, 0.25) is 0 Å². The van der Waals surface area contributed by atoms with Crippen molar-refractivity contribution in [2.45, 2.75) is 0 Å². The van der Waals surface area contributed by atoms with Crippen LogP contribution in [0.2, 0.25) is 0 Å². The molecule has 0 aromatic carbocycles. The molecule has 0 bridgehead atoms. The molecule has 0 aliphatic heterocycles. The largest absolute Gasteiger partial charge is 0.351 e. The smallest absolute Gasteiger partial charge is 0.339 e. The summed E-state index contributed by atoms with van der Waals surface area (Å²) in [6.07, 6.45) is 3.09. The van der Waals surface area contributed by atoms with Crippen LogP contribution in [0.3, 0.4) is 0 Å². The number of hydrogen-bond donors (Lipinski definition) is 0. The molecule has 0 saturated heterocycles. The van der Waals surface area contributed by atoms with E-state index in [1.54, 1.807) is 29.9 Å². The quantitative estimate of drug-likeness (QED) is 0.402. The molecule has 0 amide bonds. The Morgan fingerprint density at radius 1 is 1.83 bits per heavy atom. The SMILES string of the molecule is Cn1cccc1/C=C(\Cl)[N+](=O)[O-]. The third-order valence-electron chi connectivity index (χ3n) is 1.43. The van der Waals surface area contributed by atoms with Gasteiger partial charge in [0.1, 0.15) is 0 Å². The zero-order chi connectivity index (χ0) is 9.14. The van der Waals surface area contributed by atoms with Crippen molar-refractivity contribution in [3.05, 3.63) is 39.3 Å². The minimum absolute atomic E-state index is 0.378. The lowest BCUT2D eigenvalue weighted by Gasteiger charge is -1.93. The van der Waals surface area contributed by atoms with Crippen molar-refractivity contribution in [2.75, 3.05) is 0 Å². The van der Waals surface area contributed by atoms with Crippen molar-refractivity contribution in [2.24, 2.45) is 7.05 Å². The first-order chi connectivity index (χ1) is 5.61. The van der Waals surface area contributed by atoms with Crippen molar-refractivity contribution >= 4 is 17.7 Å². The van der Waals surface area contributed by atoms with E-state index in [9.17, 15) is 10.1 Å². The van der Waals surface area contributed by atoms with E-state index in [4.69, 9.17) is 11.6 Å². The second-order valence-corrected chi connectivity index (χ2v) is 2.66. The van der Waals surface area contributed by atoms with Crippen molar-refractivity contribution in [1.29, 1.82) is 0 Å². The molecule has 1 aromatic rings. The number of nitro groups is 1. The zero-order valence-electron chi connectivity index (χ0n) is 6.40. The Morgan fingerprint density at radius 2 is 2.50 bits per heavy atom. The molecular formula is C7H7ClN2O2. The first-order valence-corrected chi connectivity index (χ1v) is 3.62. The van der Waals surface area contributed by atoms with Gasteiger partial charge in [0.25, 0.3) is 0 Å². The highest BCUT2D eigenvalue weighted by molar-refractivity contribution is 6.29. The lowest BCUT2D eigenvalue weighted by atomic mass is 10.4. The topological polar surface area (TPSA) is 48.1 Å². The maximum Gasteiger partial charge on any atom is 0.339 e. The summed E-state index contributed by atoms with van der Waals surface area (Å²) in [5, 5.41) is 9.75. The lowest BCUT2D eigenvalue weighted by molar-refractivity contribution is -0.410. The molecule has 0 N–H and O–H groups in total. The van der Waals surface area contributed by atoms with Gasteiger partial charge in [-0.1, -0.05) is 0 Å². The molecule has 5 heteroatoms. The second-order valence-electron chi connectivity index (χ2n) is 2.27. The van der Waals surface area contributed by atoms with Gasteiger partial charge in [0.15, 0.2) is 0 Å². The van der Waals surface area contributed by atoms with Crippen LogP contribution in [0.4, 0.5) is 0 Å². The van der Waals surface area contributed by atoms with Crippen molar-refractivity contribution in [3.63, 3.8) is 0 Å². The molecule has 0 spiro atoms. The molecule has 0 aliphatic rings. The molecule has 0 saturated carbocycles. The van der Waals surface area contributed by atoms with Crippen LogP contribution < -0.4 is 0 Å². The lowest BCUT2D eigenvalue weighted by Crippen LogP contribution is -1.93. The molecule has 1 heterocycles. The number of rotatable bonds is 2. The molecule has 0 fully saturated rings. The highest BCUT2D eigenvalue weighted by Crippen LogP contribution is 2.10. The Bertz CT molecular complexity index is 330. The molecule has 0 unspecified atom stereocenters. The van der Waals surface area contributed by atoms with Gasteiger partial charge in [0.05, 0.1) is 11.0 Å². The van der Waals surface area contributed by atoms with Crippen LogP contribution in [0.5, 0.6) is 0 Å². The van der Waals surface area contributed by atoms with Gasteiger partial charge < -0.3 is 4.57 Å². The Morgan fingerprint density at radius 3 is 2.92 bits per heavy atom. The van der Waals surface area contributed by atoms with E-state index in [1.807, 2.05) is 0 Å². The van der Waals surface area contributed by atoms with Crippen LogP contribution in [0.1, 0.15) is 5.69 Å². The predicted octanol–water partition coefficient (Wildman–Crippen LogP) is 1.84. The van der Waals surface area contributed by atoms with Gasteiger partial charge in [-0.3, -0.25) is 10.1 Å². The molecule has 1 aromatic heterocycles. The van der Waals surface area contributed by atoms with Crippen molar-refractivity contribution in [3.8, 4) is 0 Å². The molecular weight excluding hydrogens is 180 g/mol. The maximum absolute atomic E-state index is 10.1. The first kappa shape index (κ1) is 8.80. The maximum atomic E-state index is 10.1. The molecule has 0 atom stereocenters. The summed E-state index contributed by atoms with van der Waals surface area (Å²) in [7, 11) is 1.79. The summed E-state index contributed by atoms with van der Waals surface area (Å²) in [6.45, 7) is 0. The third kappa shape index (κ3) is 1.85. The van der Waals surface area contributed by atoms with Crippen LogP contribution in [0.25, 0.3) is 6.08 Å². The van der Waals surface area contributed by atoms with Crippen molar-refractivity contribution < 1.29 is 4.92 Å². The Labute approximate surface area is 74.2 Å². The number of halogens is 1. The fourth-order valence-corrected chi connectivity index (χ4v) is 0.911. The number of hydrogen-bond acceptors (Lipinski definition) is 2. The van der Waals surface area contributed by atoms with E-state index >= 15 is 0 Å². The minimum atomic E-state index is -0.630. The Balaban J connectivity index is 2.95. The Kier molecular flexibility index (Phi) is 2.50. The summed E-state index contributed by atoms with van der Waals surface area (Å²) < 4.78 is 1.74. The van der Waals surface area contributed by atoms with Crippen molar-refractivity contribution in [1.82, 2.24) is 4.57 Å². The molecule has 0 radical (unpaired) electrons. The fourth-order valence-electron chi connectivity index (χ4n) is 0.799. The molecule has 4 nitrogen and oxygen atoms in total. The van der Waals surface area contributed by atoms with Gasteiger partial charge >= 0.3 is 5.16 Å². The average molecular weight is 187 g/mol. The van der Waals surface area contributed by atoms with Crippen LogP contribution >= 0.6 is 11.6 Å². The van der Waals surface area contributed by atoms with E-state index in [0.29, 0.717) is 5.69 Å². The van der Waals surface area contributed by atoms with E-state index < -0.39 is 4.92 Å². The number of aryl methyl sites for hydroxylation is 1. The number of aromatic nitrogens is 1. The third-order valence-corrected chi connectivity index (χ3v) is 1.67. The van der Waals surface area contributed by atoms with Crippen LogP contribution in [0, 0.1) is 10.1 Å². The van der Waals surface area contributed by atoms with Gasteiger partial charge in [-0.05, 0) is 23.7 Å². The fraction of sp³-hybridized carbons (Fsp3) is 0.143. The summed E-state index contributed by atoms with van der Waals surface area (Å²) >= 11 is 5.33. The van der Waals surface area contributed by atoms with Gasteiger partial charge in [-0.25, -0.2) is 0 Å². The van der Waals surface area contributed by atoms with E-state index in [2.05, 4.69) is 0 Å². The zero-order valence-corrected chi connectivity index (χ0v) is 7.15. The molecule has 1 rings (SSSR count). The van der Waals surface area contributed by atoms with Crippen LogP contribution in [-0.2, 0) is 7.05 Å². The van der Waals surface area contributed by atoms with Gasteiger partial charge in [-0.2, -0.15) is 0 Å². The van der Waals surface area contributed by atoms with E-state index in [1.165, 1.54) is 6.08 Å². The summed E-state index contributed by atoms with van der Waals surface area (Å²) in [5.74, 6) is 0. The molecule has 0 aliphatic carbocycles. The van der Waals surface area contributed by atoms with E-state index in [-0.39, 0.29) is 5.16 Å². The highest BCUT2D eigenvalue weighted by Gasteiger charge is 2.05. The standard InChI is InChI=1S/C7H7ClN2O2/c1-9-4-2-3-6(9)5-7(8)10(11)12/h2-5H,1H3/b7-5+. The van der Waals surface area contributed by atoms with E-state index in [0.717, 1.165) is 0 Å². The summed E-state index contributed by atoms with van der Waals surface area (Å²) in [5.41, 5.74) is 0.705. The summed E-state index contributed by atoms with van der Waals surface area (Å²) in [6, 6.07) is 3.53. The van der Waals surface area contributed by atoms with Crippen LogP contribution in [-0.4, -0.2) is 9.49 Å². The average Bonchev–Trinajstić information content (AvgIpc) is 2.36. The first-order valence-electron chi connectivity index (χ1n) is 3.24. The number of nitrogens with zero attached hydrogens (tertiary/aromatic N) is 2. The normalized spacial score (nSPS) is 11.7. The highest BCUT2D eigenvalue weighted by atomic mass is 35.5. The predicted molar refractivity (Wildman–Crippen MR) is 46.2 cm³/mol. The molecule has 12 heavy (non-hydrogen) atoms. The minimum Gasteiger partial charge on any atom is -0.351 e. The molecule has 64 valence electrons. The van der Waals surface area contributed by atoms with Gasteiger partial charge in [0, 0.05) is 18.9 Å². The monoisotopic (exact) mass is 186 g/mol. The van der Waals surface area contributed by atoms with Gasteiger partial charge in [-0.15, -0.1) is 0 Å². The second kappa shape index (κ2) is 3.40. The summed E-state index contributed by atoms with van der Waals surface area (Å²) in [4.78, 5) is 9.50.